The summed E-state index contributed by atoms with van der Waals surface area (Å²) in [6.07, 6.45) is 5.64. The number of ether oxygens (including phenoxy) is 1. The van der Waals surface area contributed by atoms with Crippen molar-refractivity contribution in [1.82, 2.24) is 14.8 Å². The van der Waals surface area contributed by atoms with Gasteiger partial charge in [0.05, 0.1) is 6.61 Å². The Morgan fingerprint density at radius 3 is 2.61 bits per heavy atom. The highest BCUT2D eigenvalue weighted by Gasteiger charge is 2.27. The number of rotatable bonds is 6. The van der Waals surface area contributed by atoms with E-state index in [9.17, 15) is 9.59 Å². The van der Waals surface area contributed by atoms with E-state index in [1.54, 1.807) is 4.57 Å². The summed E-state index contributed by atoms with van der Waals surface area (Å²) in [7, 11) is 0. The number of carbonyl (C=O) groups excluding carboxylic acids is 1. The Balaban J connectivity index is 1.45. The molecule has 6 nitrogen and oxygen atoms in total. The number of hydrogen-bond donors (Lipinski definition) is 1. The molecule has 3 heterocycles. The molecule has 1 saturated heterocycles. The predicted octanol–water partition coefficient (Wildman–Crippen LogP) is 3.37. The van der Waals surface area contributed by atoms with E-state index < -0.39 is 0 Å². The number of likely N-dealkylation sites (tertiary alicyclic amines) is 1. The maximum absolute atomic E-state index is 13.4. The molecule has 0 aliphatic carbocycles. The minimum Gasteiger partial charge on any atom is -0.493 e. The van der Waals surface area contributed by atoms with Crippen molar-refractivity contribution in [2.75, 3.05) is 19.7 Å². The smallest absolute Gasteiger partial charge is 0.257 e. The largest absolute Gasteiger partial charge is 0.493 e. The second-order valence-electron chi connectivity index (χ2n) is 8.57. The summed E-state index contributed by atoms with van der Waals surface area (Å²) >= 11 is 0. The van der Waals surface area contributed by atoms with Crippen LogP contribution in [0.1, 0.15) is 60.6 Å². The number of hydrogen-bond acceptors (Lipinski definition) is 4. The molecule has 4 rings (SSSR count). The Morgan fingerprint density at radius 1 is 1.10 bits per heavy atom. The summed E-state index contributed by atoms with van der Waals surface area (Å²) in [6.45, 7) is 5.87. The lowest BCUT2D eigenvalue weighted by Gasteiger charge is -2.32. The summed E-state index contributed by atoms with van der Waals surface area (Å²) in [5.41, 5.74) is 2.66. The van der Waals surface area contributed by atoms with Gasteiger partial charge in [-0.1, -0.05) is 36.8 Å². The molecule has 2 aliphatic heterocycles. The van der Waals surface area contributed by atoms with Crippen LogP contribution in [0.15, 0.2) is 41.2 Å². The molecule has 1 fully saturated rings. The zero-order valence-corrected chi connectivity index (χ0v) is 18.4. The van der Waals surface area contributed by atoms with Crippen LogP contribution in [0.2, 0.25) is 0 Å². The van der Waals surface area contributed by atoms with Crippen LogP contribution in [0, 0.1) is 0 Å². The van der Waals surface area contributed by atoms with E-state index in [0.717, 1.165) is 63.9 Å². The number of amides is 1. The Bertz CT molecular complexity index is 946. The minimum atomic E-state index is -0.101. The van der Waals surface area contributed by atoms with Gasteiger partial charge >= 0.3 is 0 Å². The second-order valence-corrected chi connectivity index (χ2v) is 8.57. The molecule has 0 radical (unpaired) electrons. The van der Waals surface area contributed by atoms with Gasteiger partial charge in [-0.3, -0.25) is 14.5 Å². The monoisotopic (exact) mass is 423 g/mol. The minimum absolute atomic E-state index is 0.0638. The zero-order valence-electron chi connectivity index (χ0n) is 18.4. The lowest BCUT2D eigenvalue weighted by molar-refractivity contribution is 0.0903. The molecule has 1 amide bonds. The lowest BCUT2D eigenvalue weighted by atomic mass is 10.0. The molecular formula is C25H33N3O3. The molecule has 1 aromatic heterocycles. The molecule has 0 saturated carbocycles. The van der Waals surface area contributed by atoms with Crippen LogP contribution in [0.4, 0.5) is 0 Å². The van der Waals surface area contributed by atoms with Crippen molar-refractivity contribution in [2.24, 2.45) is 0 Å². The summed E-state index contributed by atoms with van der Waals surface area (Å²) in [6, 6.07) is 12.2. The van der Waals surface area contributed by atoms with Gasteiger partial charge in [0.1, 0.15) is 11.3 Å². The third-order valence-electron chi connectivity index (χ3n) is 6.38. The van der Waals surface area contributed by atoms with Crippen LogP contribution in [0.3, 0.4) is 0 Å². The van der Waals surface area contributed by atoms with Crippen LogP contribution < -0.4 is 15.6 Å². The summed E-state index contributed by atoms with van der Waals surface area (Å²) in [5.74, 6) is 0.329. The predicted molar refractivity (Wildman–Crippen MR) is 122 cm³/mol. The topological polar surface area (TPSA) is 63.6 Å². The summed E-state index contributed by atoms with van der Waals surface area (Å²) < 4.78 is 7.52. The highest BCUT2D eigenvalue weighted by Crippen LogP contribution is 2.26. The molecule has 2 aliphatic rings. The van der Waals surface area contributed by atoms with Crippen LogP contribution >= 0.6 is 0 Å². The average molecular weight is 424 g/mol. The van der Waals surface area contributed by atoms with Crippen molar-refractivity contribution in [3.63, 3.8) is 0 Å². The van der Waals surface area contributed by atoms with Gasteiger partial charge in [0, 0.05) is 44.0 Å². The Labute approximate surface area is 184 Å². The molecule has 6 heteroatoms. The number of fused-ring (bicyclic) bond motifs is 1. The Morgan fingerprint density at radius 2 is 1.87 bits per heavy atom. The second kappa shape index (κ2) is 10.1. The molecule has 31 heavy (non-hydrogen) atoms. The first kappa shape index (κ1) is 21.6. The number of pyridine rings is 1. The zero-order chi connectivity index (χ0) is 21.6. The Hall–Kier alpha value is -2.60. The van der Waals surface area contributed by atoms with Gasteiger partial charge in [-0.2, -0.15) is 0 Å². The van der Waals surface area contributed by atoms with E-state index in [4.69, 9.17) is 4.74 Å². The average Bonchev–Trinajstić information content (AvgIpc) is 3.03. The Kier molecular flexibility index (Phi) is 7.07. The van der Waals surface area contributed by atoms with Crippen LogP contribution in [0.25, 0.3) is 0 Å². The first-order valence-corrected chi connectivity index (χ1v) is 11.6. The normalized spacial score (nSPS) is 17.6. The van der Waals surface area contributed by atoms with Crippen molar-refractivity contribution in [1.29, 1.82) is 0 Å². The maximum atomic E-state index is 13.4. The van der Waals surface area contributed by atoms with E-state index in [1.165, 1.54) is 11.6 Å². The van der Waals surface area contributed by atoms with Gasteiger partial charge in [-0.15, -0.1) is 0 Å². The van der Waals surface area contributed by atoms with E-state index in [1.807, 2.05) is 13.0 Å². The van der Waals surface area contributed by atoms with Gasteiger partial charge in [0.25, 0.3) is 11.5 Å². The molecule has 0 unspecified atom stereocenters. The number of nitrogens with one attached hydrogen (secondary N) is 1. The van der Waals surface area contributed by atoms with Gasteiger partial charge in [0.15, 0.2) is 0 Å². The SMILES string of the molecule is CCOc1cc(=O)n2c(c1C(=O)NC1CCN(Cc3ccccc3)CC1)CCCCC2. The molecule has 0 atom stereocenters. The fourth-order valence-electron chi connectivity index (χ4n) is 4.76. The fourth-order valence-corrected chi connectivity index (χ4v) is 4.76. The van der Waals surface area contributed by atoms with E-state index >= 15 is 0 Å². The van der Waals surface area contributed by atoms with Gasteiger partial charge in [0.2, 0.25) is 0 Å². The third-order valence-corrected chi connectivity index (χ3v) is 6.38. The van der Waals surface area contributed by atoms with Crippen LogP contribution in [-0.4, -0.2) is 41.1 Å². The van der Waals surface area contributed by atoms with Gasteiger partial charge < -0.3 is 14.6 Å². The van der Waals surface area contributed by atoms with E-state index in [2.05, 4.69) is 34.5 Å². The number of nitrogens with zero attached hydrogens (tertiary/aromatic N) is 2. The van der Waals surface area contributed by atoms with E-state index in [-0.39, 0.29) is 17.5 Å². The van der Waals surface area contributed by atoms with Crippen molar-refractivity contribution in [2.45, 2.75) is 64.6 Å². The number of benzene rings is 1. The molecule has 0 spiro atoms. The molecule has 2 aromatic rings. The number of piperidine rings is 1. The van der Waals surface area contributed by atoms with Crippen molar-refractivity contribution >= 4 is 5.91 Å². The van der Waals surface area contributed by atoms with Crippen molar-refractivity contribution < 1.29 is 9.53 Å². The summed E-state index contributed by atoms with van der Waals surface area (Å²) in [4.78, 5) is 28.4. The number of aromatic nitrogens is 1. The number of carbonyl (C=O) groups is 1. The first-order valence-electron chi connectivity index (χ1n) is 11.6. The molecule has 166 valence electrons. The quantitative estimate of drug-likeness (QED) is 0.774. The van der Waals surface area contributed by atoms with Crippen LogP contribution in [-0.2, 0) is 19.5 Å². The third kappa shape index (κ3) is 5.18. The molecular weight excluding hydrogens is 390 g/mol. The fraction of sp³-hybridized carbons (Fsp3) is 0.520. The maximum Gasteiger partial charge on any atom is 0.257 e. The van der Waals surface area contributed by atoms with E-state index in [0.29, 0.717) is 24.5 Å². The first-order chi connectivity index (χ1) is 15.2. The highest BCUT2D eigenvalue weighted by atomic mass is 16.5. The van der Waals surface area contributed by atoms with Crippen LogP contribution in [0.5, 0.6) is 5.75 Å². The lowest BCUT2D eigenvalue weighted by Crippen LogP contribution is -2.45. The standard InChI is InChI=1S/C25H33N3O3/c1-2-31-22-17-23(29)28-14-8-4-7-11-21(28)24(22)25(30)26-20-12-15-27(16-13-20)18-19-9-5-3-6-10-19/h3,5-6,9-10,17,20H,2,4,7-8,11-16,18H2,1H3,(H,26,30). The summed E-state index contributed by atoms with van der Waals surface area (Å²) in [5, 5.41) is 3.25. The molecule has 0 bridgehead atoms. The van der Waals surface area contributed by atoms with Gasteiger partial charge in [-0.25, -0.2) is 0 Å². The van der Waals surface area contributed by atoms with Crippen molar-refractivity contribution in [3.8, 4) is 5.75 Å². The van der Waals surface area contributed by atoms with Gasteiger partial charge in [-0.05, 0) is 44.6 Å². The molecule has 1 aromatic carbocycles. The molecule has 1 N–H and O–H groups in total. The highest BCUT2D eigenvalue weighted by molar-refractivity contribution is 5.98. The van der Waals surface area contributed by atoms with Crippen molar-refractivity contribution in [3.05, 3.63) is 63.6 Å².